The number of fused-ring (bicyclic) bond motifs is 4. The smallest absolute Gasteiger partial charge is 0.165 e. The quantitative estimate of drug-likeness (QED) is 0.167. The average Bonchev–Trinajstić information content (AvgIpc) is 3.57. The van der Waals surface area contributed by atoms with Crippen LogP contribution in [0.3, 0.4) is 0 Å². The number of hydrogen-bond donors (Lipinski definition) is 0. The van der Waals surface area contributed by atoms with Gasteiger partial charge in [-0.1, -0.05) is 140 Å². The van der Waals surface area contributed by atoms with Crippen molar-refractivity contribution < 1.29 is 0 Å². The Kier molecular flexibility index (Phi) is 7.77. The molecule has 0 saturated heterocycles. The predicted octanol–water partition coefficient (Wildman–Crippen LogP) is 13.2. The van der Waals surface area contributed by atoms with Gasteiger partial charge in [0.1, 0.15) is 5.52 Å². The second kappa shape index (κ2) is 13.4. The van der Waals surface area contributed by atoms with Gasteiger partial charge in [-0.2, -0.15) is 0 Å². The molecule has 8 aromatic carbocycles. The summed E-state index contributed by atoms with van der Waals surface area (Å²) >= 11 is 0. The normalized spacial score (nSPS) is 11.3. The van der Waals surface area contributed by atoms with Crippen molar-refractivity contribution in [3.8, 4) is 39.1 Å². The molecule has 0 amide bonds. The minimum atomic E-state index is 0.856. The molecule has 10 rings (SSSR count). The standard InChI is InChI=1S/C50H34N4/c1-3-12-35(13-4-1)37-22-28-41(29-23-37)53(42-30-24-38(25-31-42)36-14-5-2-6-15-36)43-32-26-39(27-33-43)40-16-11-17-44(34-40)54-48-21-10-7-18-45(48)49-50(54)52-47-20-9-8-19-46(47)51-49/h1-34H. The summed E-state index contributed by atoms with van der Waals surface area (Å²) in [5.41, 5.74) is 16.0. The lowest BCUT2D eigenvalue weighted by atomic mass is 10.0. The highest BCUT2D eigenvalue weighted by molar-refractivity contribution is 6.07. The first-order valence-electron chi connectivity index (χ1n) is 18.2. The minimum Gasteiger partial charge on any atom is -0.311 e. The molecule has 0 fully saturated rings. The first-order valence-corrected chi connectivity index (χ1v) is 18.2. The van der Waals surface area contributed by atoms with Crippen LogP contribution in [-0.2, 0) is 0 Å². The van der Waals surface area contributed by atoms with Gasteiger partial charge in [-0.05, 0) is 100 Å². The molecule has 4 nitrogen and oxygen atoms in total. The molecule has 0 aliphatic rings. The highest BCUT2D eigenvalue weighted by atomic mass is 15.1. The molecule has 4 heteroatoms. The van der Waals surface area contributed by atoms with E-state index in [4.69, 9.17) is 9.97 Å². The van der Waals surface area contributed by atoms with Crippen molar-refractivity contribution in [2.75, 3.05) is 4.90 Å². The number of aromatic nitrogens is 3. The summed E-state index contributed by atoms with van der Waals surface area (Å²) in [5, 5.41) is 1.09. The molecule has 0 spiro atoms. The molecule has 0 atom stereocenters. The molecule has 10 aromatic rings. The predicted molar refractivity (Wildman–Crippen MR) is 225 cm³/mol. The second-order valence-electron chi connectivity index (χ2n) is 13.5. The second-order valence-corrected chi connectivity index (χ2v) is 13.5. The lowest BCUT2D eigenvalue weighted by Gasteiger charge is -2.26. The van der Waals surface area contributed by atoms with Gasteiger partial charge in [0.25, 0.3) is 0 Å². The van der Waals surface area contributed by atoms with Gasteiger partial charge in [0, 0.05) is 28.1 Å². The number of nitrogens with zero attached hydrogens (tertiary/aromatic N) is 4. The van der Waals surface area contributed by atoms with Crippen LogP contribution in [0.15, 0.2) is 206 Å². The van der Waals surface area contributed by atoms with Crippen LogP contribution < -0.4 is 4.90 Å². The highest BCUT2D eigenvalue weighted by Crippen LogP contribution is 2.38. The lowest BCUT2D eigenvalue weighted by molar-refractivity contribution is 1.14. The van der Waals surface area contributed by atoms with Gasteiger partial charge < -0.3 is 4.90 Å². The molecule has 2 heterocycles. The van der Waals surface area contributed by atoms with E-state index in [2.05, 4.69) is 191 Å². The fourth-order valence-electron chi connectivity index (χ4n) is 7.51. The molecular formula is C50H34N4. The maximum Gasteiger partial charge on any atom is 0.165 e. The van der Waals surface area contributed by atoms with Gasteiger partial charge in [0.2, 0.25) is 0 Å². The molecule has 254 valence electrons. The molecule has 0 unspecified atom stereocenters. The highest BCUT2D eigenvalue weighted by Gasteiger charge is 2.17. The van der Waals surface area contributed by atoms with Crippen LogP contribution in [0.25, 0.3) is 72.2 Å². The van der Waals surface area contributed by atoms with Crippen LogP contribution in [-0.4, -0.2) is 14.5 Å². The summed E-state index contributed by atoms with van der Waals surface area (Å²) in [6.07, 6.45) is 0. The molecule has 0 saturated carbocycles. The third-order valence-electron chi connectivity index (χ3n) is 10.2. The molecule has 2 aromatic heterocycles. The van der Waals surface area contributed by atoms with Gasteiger partial charge in [0.15, 0.2) is 5.65 Å². The maximum absolute atomic E-state index is 5.12. The number of rotatable bonds is 7. The van der Waals surface area contributed by atoms with E-state index < -0.39 is 0 Å². The van der Waals surface area contributed by atoms with Crippen LogP contribution in [0.2, 0.25) is 0 Å². The van der Waals surface area contributed by atoms with Gasteiger partial charge in [-0.3, -0.25) is 4.57 Å². The fourth-order valence-corrected chi connectivity index (χ4v) is 7.51. The molecule has 0 aliphatic carbocycles. The zero-order chi connectivity index (χ0) is 35.8. The van der Waals surface area contributed by atoms with Crippen molar-refractivity contribution in [3.63, 3.8) is 0 Å². The van der Waals surface area contributed by atoms with Crippen molar-refractivity contribution in [3.05, 3.63) is 206 Å². The van der Waals surface area contributed by atoms with E-state index in [1.807, 2.05) is 24.3 Å². The summed E-state index contributed by atoms with van der Waals surface area (Å²) in [6, 6.07) is 72.8. The Morgan fingerprint density at radius 2 is 0.796 bits per heavy atom. The zero-order valence-corrected chi connectivity index (χ0v) is 29.4. The Morgan fingerprint density at radius 3 is 1.37 bits per heavy atom. The number of para-hydroxylation sites is 3. The Hall–Kier alpha value is -7.30. The molecule has 54 heavy (non-hydrogen) atoms. The van der Waals surface area contributed by atoms with Crippen molar-refractivity contribution in [2.45, 2.75) is 0 Å². The van der Waals surface area contributed by atoms with Crippen LogP contribution in [0.4, 0.5) is 17.1 Å². The topological polar surface area (TPSA) is 34.0 Å². The third-order valence-corrected chi connectivity index (χ3v) is 10.2. The van der Waals surface area contributed by atoms with E-state index in [0.717, 1.165) is 67.0 Å². The van der Waals surface area contributed by atoms with E-state index >= 15 is 0 Å². The summed E-state index contributed by atoms with van der Waals surface area (Å²) < 4.78 is 2.24. The molecular weight excluding hydrogens is 657 g/mol. The Labute approximate surface area is 313 Å². The molecule has 0 N–H and O–H groups in total. The zero-order valence-electron chi connectivity index (χ0n) is 29.4. The Bertz CT molecular complexity index is 2810. The SMILES string of the molecule is c1ccc(-c2ccc(N(c3ccc(-c4ccccc4)cc3)c3ccc(-c4cccc(-n5c6ccccc6c6nc7ccccc7nc65)c4)cc3)cc2)cc1. The molecule has 0 aliphatic heterocycles. The van der Waals surface area contributed by atoms with E-state index in [0.29, 0.717) is 0 Å². The number of anilines is 3. The molecule has 0 radical (unpaired) electrons. The van der Waals surface area contributed by atoms with Crippen molar-refractivity contribution in [1.29, 1.82) is 0 Å². The van der Waals surface area contributed by atoms with Crippen LogP contribution in [0, 0.1) is 0 Å². The van der Waals surface area contributed by atoms with Crippen molar-refractivity contribution in [1.82, 2.24) is 14.5 Å². The van der Waals surface area contributed by atoms with Gasteiger partial charge in [0.05, 0.1) is 16.6 Å². The minimum absolute atomic E-state index is 0.856. The van der Waals surface area contributed by atoms with Gasteiger partial charge in [-0.25, -0.2) is 9.97 Å². The fraction of sp³-hybridized carbons (Fsp3) is 0. The van der Waals surface area contributed by atoms with Crippen LogP contribution in [0.1, 0.15) is 0 Å². The number of hydrogen-bond acceptors (Lipinski definition) is 3. The summed E-state index contributed by atoms with van der Waals surface area (Å²) in [5.74, 6) is 0. The number of benzene rings is 8. The first kappa shape index (κ1) is 31.4. The summed E-state index contributed by atoms with van der Waals surface area (Å²) in [6.45, 7) is 0. The van der Waals surface area contributed by atoms with E-state index in [9.17, 15) is 0 Å². The Morgan fingerprint density at radius 1 is 0.352 bits per heavy atom. The van der Waals surface area contributed by atoms with Crippen molar-refractivity contribution in [2.24, 2.45) is 0 Å². The summed E-state index contributed by atoms with van der Waals surface area (Å²) in [7, 11) is 0. The van der Waals surface area contributed by atoms with Gasteiger partial charge >= 0.3 is 0 Å². The summed E-state index contributed by atoms with van der Waals surface area (Å²) in [4.78, 5) is 12.5. The van der Waals surface area contributed by atoms with Crippen LogP contribution in [0.5, 0.6) is 0 Å². The largest absolute Gasteiger partial charge is 0.311 e. The molecule has 0 bridgehead atoms. The lowest BCUT2D eigenvalue weighted by Crippen LogP contribution is -2.09. The van der Waals surface area contributed by atoms with E-state index in [1.165, 1.54) is 22.3 Å². The average molecular weight is 691 g/mol. The van der Waals surface area contributed by atoms with Crippen LogP contribution >= 0.6 is 0 Å². The van der Waals surface area contributed by atoms with Gasteiger partial charge in [-0.15, -0.1) is 0 Å². The third kappa shape index (κ3) is 5.67. The van der Waals surface area contributed by atoms with E-state index in [1.54, 1.807) is 0 Å². The monoisotopic (exact) mass is 690 g/mol. The maximum atomic E-state index is 5.12. The van der Waals surface area contributed by atoms with Crippen molar-refractivity contribution >= 4 is 50.2 Å². The van der Waals surface area contributed by atoms with E-state index in [-0.39, 0.29) is 0 Å². The first-order chi connectivity index (χ1) is 26.8. The Balaban J connectivity index is 1.03.